The van der Waals surface area contributed by atoms with Gasteiger partial charge in [0.25, 0.3) is 0 Å². The first-order chi connectivity index (χ1) is 13.5. The summed E-state index contributed by atoms with van der Waals surface area (Å²) >= 11 is 0. The Morgan fingerprint density at radius 1 is 1.14 bits per heavy atom. The summed E-state index contributed by atoms with van der Waals surface area (Å²) in [5.74, 6) is -0.554. The van der Waals surface area contributed by atoms with E-state index in [1.807, 2.05) is 4.90 Å². The maximum atomic E-state index is 13.4. The second-order valence-electron chi connectivity index (χ2n) is 8.24. The molecule has 1 aromatic rings. The predicted octanol–water partition coefficient (Wildman–Crippen LogP) is 3.21. The van der Waals surface area contributed by atoms with Gasteiger partial charge in [-0.2, -0.15) is 0 Å². The Morgan fingerprint density at radius 3 is 2.79 bits per heavy atom. The average Bonchev–Trinajstić information content (AvgIpc) is 3.15. The molecule has 2 fully saturated rings. The first-order valence-electron chi connectivity index (χ1n) is 10.5. The molecule has 28 heavy (non-hydrogen) atoms. The van der Waals surface area contributed by atoms with E-state index in [0.717, 1.165) is 44.5 Å². The molecule has 2 aliphatic rings. The molecule has 2 aliphatic heterocycles. The fourth-order valence-electron chi connectivity index (χ4n) is 4.21. The van der Waals surface area contributed by atoms with E-state index in [2.05, 4.69) is 22.5 Å². The molecule has 0 saturated carbocycles. The van der Waals surface area contributed by atoms with Crippen LogP contribution in [0.25, 0.3) is 0 Å². The van der Waals surface area contributed by atoms with E-state index < -0.39 is 11.6 Å². The molecule has 5 nitrogen and oxygen atoms in total. The first kappa shape index (κ1) is 20.8. The van der Waals surface area contributed by atoms with Crippen molar-refractivity contribution < 1.29 is 13.6 Å². The van der Waals surface area contributed by atoms with Gasteiger partial charge in [0.05, 0.1) is 0 Å². The fourth-order valence-corrected chi connectivity index (χ4v) is 4.21. The Bertz CT molecular complexity index is 657. The van der Waals surface area contributed by atoms with E-state index in [9.17, 15) is 13.6 Å². The van der Waals surface area contributed by atoms with Gasteiger partial charge in [0.2, 0.25) is 0 Å². The predicted molar refractivity (Wildman–Crippen MR) is 108 cm³/mol. The van der Waals surface area contributed by atoms with Crippen molar-refractivity contribution in [2.45, 2.75) is 32.6 Å². The Hall–Kier alpha value is -1.89. The van der Waals surface area contributed by atoms with Gasteiger partial charge in [0.1, 0.15) is 0 Å². The topological polar surface area (TPSA) is 47.6 Å². The Labute approximate surface area is 166 Å². The van der Waals surface area contributed by atoms with Gasteiger partial charge in [0.15, 0.2) is 11.6 Å². The van der Waals surface area contributed by atoms with E-state index in [1.165, 1.54) is 32.0 Å². The lowest BCUT2D eigenvalue weighted by molar-refractivity contribution is 0.181. The molecule has 2 amide bonds. The molecule has 2 saturated heterocycles. The lowest BCUT2D eigenvalue weighted by Gasteiger charge is -2.30. The SMILES string of the molecule is CC1CCCN(CCCNC(=O)NCC2CCN(c3ccc(F)c(F)c3)C2)C1. The van der Waals surface area contributed by atoms with Crippen LogP contribution in [0.3, 0.4) is 0 Å². The largest absolute Gasteiger partial charge is 0.371 e. The molecule has 2 atom stereocenters. The summed E-state index contributed by atoms with van der Waals surface area (Å²) in [5.41, 5.74) is 0.692. The molecule has 1 aromatic carbocycles. The summed E-state index contributed by atoms with van der Waals surface area (Å²) < 4.78 is 26.5. The number of likely N-dealkylation sites (tertiary alicyclic amines) is 1. The summed E-state index contributed by atoms with van der Waals surface area (Å²) in [6.45, 7) is 8.48. The minimum Gasteiger partial charge on any atom is -0.371 e. The minimum atomic E-state index is -0.826. The highest BCUT2D eigenvalue weighted by molar-refractivity contribution is 5.73. The van der Waals surface area contributed by atoms with Crippen molar-refractivity contribution >= 4 is 11.7 Å². The molecule has 0 radical (unpaired) electrons. The zero-order valence-electron chi connectivity index (χ0n) is 16.7. The molecule has 0 aromatic heterocycles. The van der Waals surface area contributed by atoms with Gasteiger partial charge in [-0.05, 0) is 62.7 Å². The van der Waals surface area contributed by atoms with Gasteiger partial charge in [-0.25, -0.2) is 13.6 Å². The lowest BCUT2D eigenvalue weighted by Crippen LogP contribution is -2.40. The van der Waals surface area contributed by atoms with Gasteiger partial charge in [-0.3, -0.25) is 0 Å². The van der Waals surface area contributed by atoms with Crippen LogP contribution < -0.4 is 15.5 Å². The lowest BCUT2D eigenvalue weighted by atomic mass is 10.0. The Balaban J connectivity index is 1.29. The van der Waals surface area contributed by atoms with Gasteiger partial charge in [0, 0.05) is 44.5 Å². The van der Waals surface area contributed by atoms with Crippen LogP contribution >= 0.6 is 0 Å². The van der Waals surface area contributed by atoms with Gasteiger partial charge in [-0.15, -0.1) is 0 Å². The number of carbonyl (C=O) groups excluding carboxylic acids is 1. The molecule has 0 aliphatic carbocycles. The number of hydrogen-bond acceptors (Lipinski definition) is 3. The quantitative estimate of drug-likeness (QED) is 0.698. The van der Waals surface area contributed by atoms with Crippen LogP contribution in [-0.2, 0) is 0 Å². The maximum Gasteiger partial charge on any atom is 0.314 e. The Morgan fingerprint density at radius 2 is 2.00 bits per heavy atom. The van der Waals surface area contributed by atoms with E-state index >= 15 is 0 Å². The van der Waals surface area contributed by atoms with Crippen molar-refractivity contribution in [3.8, 4) is 0 Å². The zero-order chi connectivity index (χ0) is 19.9. The number of benzene rings is 1. The highest BCUT2D eigenvalue weighted by atomic mass is 19.2. The molecule has 2 heterocycles. The van der Waals surface area contributed by atoms with Crippen molar-refractivity contribution in [1.82, 2.24) is 15.5 Å². The number of amides is 2. The smallest absolute Gasteiger partial charge is 0.314 e. The average molecular weight is 395 g/mol. The number of piperidine rings is 1. The van der Waals surface area contributed by atoms with Crippen LogP contribution in [0.15, 0.2) is 18.2 Å². The first-order valence-corrected chi connectivity index (χ1v) is 10.5. The summed E-state index contributed by atoms with van der Waals surface area (Å²) in [4.78, 5) is 16.5. The van der Waals surface area contributed by atoms with E-state index in [0.29, 0.717) is 24.7 Å². The third kappa shape index (κ3) is 6.06. The number of urea groups is 1. The highest BCUT2D eigenvalue weighted by Crippen LogP contribution is 2.25. The van der Waals surface area contributed by atoms with Crippen LogP contribution in [0, 0.1) is 23.5 Å². The summed E-state index contributed by atoms with van der Waals surface area (Å²) in [5, 5.41) is 5.87. The van der Waals surface area contributed by atoms with E-state index in [1.54, 1.807) is 6.07 Å². The molecule has 2 N–H and O–H groups in total. The van der Waals surface area contributed by atoms with E-state index in [4.69, 9.17) is 0 Å². The summed E-state index contributed by atoms with van der Waals surface area (Å²) in [6.07, 6.45) is 4.49. The molecular formula is C21H32F2N4O. The summed E-state index contributed by atoms with van der Waals surface area (Å²) in [6, 6.07) is 3.87. The van der Waals surface area contributed by atoms with Crippen molar-refractivity contribution in [2.75, 3.05) is 50.7 Å². The molecule has 3 rings (SSSR count). The fraction of sp³-hybridized carbons (Fsp3) is 0.667. The van der Waals surface area contributed by atoms with Crippen molar-refractivity contribution in [3.05, 3.63) is 29.8 Å². The van der Waals surface area contributed by atoms with Gasteiger partial charge in [-0.1, -0.05) is 6.92 Å². The molecule has 2 unspecified atom stereocenters. The highest BCUT2D eigenvalue weighted by Gasteiger charge is 2.23. The number of nitrogens with zero attached hydrogens (tertiary/aromatic N) is 2. The molecule has 156 valence electrons. The third-order valence-electron chi connectivity index (χ3n) is 5.78. The zero-order valence-corrected chi connectivity index (χ0v) is 16.7. The van der Waals surface area contributed by atoms with Crippen molar-refractivity contribution in [1.29, 1.82) is 0 Å². The third-order valence-corrected chi connectivity index (χ3v) is 5.78. The normalized spacial score (nSPS) is 23.0. The number of rotatable bonds is 7. The second-order valence-corrected chi connectivity index (χ2v) is 8.24. The van der Waals surface area contributed by atoms with Crippen molar-refractivity contribution in [2.24, 2.45) is 11.8 Å². The molecular weight excluding hydrogens is 362 g/mol. The number of nitrogens with one attached hydrogen (secondary N) is 2. The van der Waals surface area contributed by atoms with Gasteiger partial charge >= 0.3 is 6.03 Å². The maximum absolute atomic E-state index is 13.4. The standard InChI is InChI=1S/C21H32F2N4O/c1-16-4-2-9-26(14-16)10-3-8-24-21(28)25-13-17-7-11-27(15-17)18-5-6-19(22)20(23)12-18/h5-6,12,16-17H,2-4,7-11,13-15H2,1H3,(H2,24,25,28). The minimum absolute atomic E-state index is 0.127. The number of hydrogen-bond donors (Lipinski definition) is 2. The van der Waals surface area contributed by atoms with Crippen LogP contribution in [-0.4, -0.2) is 56.7 Å². The number of anilines is 1. The molecule has 7 heteroatoms. The molecule has 0 spiro atoms. The summed E-state index contributed by atoms with van der Waals surface area (Å²) in [7, 11) is 0. The van der Waals surface area contributed by atoms with Crippen LogP contribution in [0.4, 0.5) is 19.3 Å². The van der Waals surface area contributed by atoms with Crippen LogP contribution in [0.1, 0.15) is 32.6 Å². The monoisotopic (exact) mass is 394 g/mol. The van der Waals surface area contributed by atoms with Gasteiger partial charge < -0.3 is 20.4 Å². The second kappa shape index (κ2) is 10.0. The number of halogens is 2. The van der Waals surface area contributed by atoms with Crippen LogP contribution in [0.2, 0.25) is 0 Å². The van der Waals surface area contributed by atoms with Crippen molar-refractivity contribution in [3.63, 3.8) is 0 Å². The van der Waals surface area contributed by atoms with E-state index in [-0.39, 0.29) is 6.03 Å². The van der Waals surface area contributed by atoms with Crippen LogP contribution in [0.5, 0.6) is 0 Å². The molecule has 0 bridgehead atoms. The number of carbonyl (C=O) groups is 1. The Kier molecular flexibility index (Phi) is 7.48.